The molecule has 1 aliphatic heterocycles. The number of benzene rings is 1. The van der Waals surface area contributed by atoms with Crippen LogP contribution < -0.4 is 10.3 Å². The summed E-state index contributed by atoms with van der Waals surface area (Å²) < 4.78 is 46.3. The molecule has 1 atom stereocenters. The second-order valence-electron chi connectivity index (χ2n) is 4.30. The molecule has 1 aliphatic rings. The van der Waals surface area contributed by atoms with E-state index in [0.29, 0.717) is 11.4 Å². The zero-order valence-corrected chi connectivity index (χ0v) is 12.2. The number of hydrazine groups is 1. The monoisotopic (exact) mass is 324 g/mol. The Labute approximate surface area is 117 Å². The van der Waals surface area contributed by atoms with Crippen molar-refractivity contribution in [3.05, 3.63) is 29.3 Å². The normalized spacial score (nSPS) is 22.5. The van der Waals surface area contributed by atoms with Crippen molar-refractivity contribution in [3.8, 4) is 0 Å². The van der Waals surface area contributed by atoms with Crippen LogP contribution in [0.4, 0.5) is 0 Å². The van der Waals surface area contributed by atoms with Crippen LogP contribution in [0.15, 0.2) is 29.2 Å². The van der Waals surface area contributed by atoms with Crippen LogP contribution in [0.2, 0.25) is 5.02 Å². The maximum Gasteiger partial charge on any atom is 0.253 e. The number of hydrogen-bond donors (Lipinski definition) is 2. The first-order valence-electron chi connectivity index (χ1n) is 5.52. The summed E-state index contributed by atoms with van der Waals surface area (Å²) in [5.41, 5.74) is 2.54. The SMILES string of the molecule is O=S1(=O)CCC(NNS(=O)(=O)c2ccc(Cl)cc2)C1. The molecule has 1 saturated heterocycles. The molecule has 0 amide bonds. The smallest absolute Gasteiger partial charge is 0.240 e. The van der Waals surface area contributed by atoms with E-state index >= 15 is 0 Å². The predicted octanol–water partition coefficient (Wildman–Crippen LogP) is 0.310. The molecule has 2 N–H and O–H groups in total. The van der Waals surface area contributed by atoms with Crippen LogP contribution in [0.3, 0.4) is 0 Å². The van der Waals surface area contributed by atoms with Crippen LogP contribution >= 0.6 is 11.6 Å². The number of hydrogen-bond acceptors (Lipinski definition) is 5. The van der Waals surface area contributed by atoms with E-state index in [1.54, 1.807) is 0 Å². The van der Waals surface area contributed by atoms with E-state index in [1.807, 2.05) is 0 Å². The van der Waals surface area contributed by atoms with E-state index < -0.39 is 25.9 Å². The molecule has 1 aromatic rings. The fourth-order valence-electron chi connectivity index (χ4n) is 1.74. The topological polar surface area (TPSA) is 92.3 Å². The van der Waals surface area contributed by atoms with Crippen molar-refractivity contribution >= 4 is 31.5 Å². The van der Waals surface area contributed by atoms with Crippen LogP contribution in [0.1, 0.15) is 6.42 Å². The highest BCUT2D eigenvalue weighted by Crippen LogP contribution is 2.14. The second-order valence-corrected chi connectivity index (χ2v) is 8.65. The zero-order valence-electron chi connectivity index (χ0n) is 9.84. The van der Waals surface area contributed by atoms with Gasteiger partial charge in [0.25, 0.3) is 10.0 Å². The molecule has 19 heavy (non-hydrogen) atoms. The van der Waals surface area contributed by atoms with Gasteiger partial charge < -0.3 is 0 Å². The summed E-state index contributed by atoms with van der Waals surface area (Å²) in [7, 11) is -6.76. The number of rotatable bonds is 4. The Morgan fingerprint density at radius 3 is 2.37 bits per heavy atom. The maximum absolute atomic E-state index is 11.9. The Bertz CT molecular complexity index is 655. The molecule has 2 rings (SSSR count). The van der Waals surface area contributed by atoms with Crippen molar-refractivity contribution in [2.24, 2.45) is 0 Å². The number of nitrogens with one attached hydrogen (secondary N) is 2. The average molecular weight is 325 g/mol. The first-order chi connectivity index (χ1) is 8.78. The largest absolute Gasteiger partial charge is 0.253 e. The van der Waals surface area contributed by atoms with Gasteiger partial charge in [-0.2, -0.15) is 0 Å². The fourth-order valence-corrected chi connectivity index (χ4v) is 4.48. The lowest BCUT2D eigenvalue weighted by Crippen LogP contribution is -2.44. The zero-order chi connectivity index (χ0) is 14.1. The van der Waals surface area contributed by atoms with Crippen LogP contribution in [0, 0.1) is 0 Å². The van der Waals surface area contributed by atoms with E-state index in [2.05, 4.69) is 10.3 Å². The number of halogens is 1. The van der Waals surface area contributed by atoms with Crippen molar-refractivity contribution in [1.82, 2.24) is 10.3 Å². The van der Waals surface area contributed by atoms with Crippen LogP contribution in [-0.2, 0) is 19.9 Å². The summed E-state index contributed by atoms with van der Waals surface area (Å²) in [6, 6.07) is 5.29. The van der Waals surface area contributed by atoms with Crippen molar-refractivity contribution in [3.63, 3.8) is 0 Å². The molecule has 1 unspecified atom stereocenters. The van der Waals surface area contributed by atoms with Crippen molar-refractivity contribution in [1.29, 1.82) is 0 Å². The fraction of sp³-hybridized carbons (Fsp3) is 0.400. The van der Waals surface area contributed by atoms with E-state index in [0.717, 1.165) is 0 Å². The van der Waals surface area contributed by atoms with E-state index in [1.165, 1.54) is 24.3 Å². The van der Waals surface area contributed by atoms with Crippen LogP contribution in [0.5, 0.6) is 0 Å². The second kappa shape index (κ2) is 5.37. The van der Waals surface area contributed by atoms with E-state index in [9.17, 15) is 16.8 Å². The highest BCUT2D eigenvalue weighted by Gasteiger charge is 2.28. The first-order valence-corrected chi connectivity index (χ1v) is 9.20. The van der Waals surface area contributed by atoms with Gasteiger partial charge in [-0.3, -0.25) is 0 Å². The van der Waals surface area contributed by atoms with Crippen molar-refractivity contribution < 1.29 is 16.8 Å². The molecule has 0 radical (unpaired) electrons. The van der Waals surface area contributed by atoms with E-state index in [-0.39, 0.29) is 16.4 Å². The molecule has 1 heterocycles. The molecule has 0 aliphatic carbocycles. The Morgan fingerprint density at radius 1 is 1.21 bits per heavy atom. The number of sulfonamides is 1. The highest BCUT2D eigenvalue weighted by atomic mass is 35.5. The molecule has 0 saturated carbocycles. The minimum absolute atomic E-state index is 0.0594. The molecule has 0 bridgehead atoms. The molecule has 6 nitrogen and oxygen atoms in total. The lowest BCUT2D eigenvalue weighted by atomic mass is 10.3. The Hall–Kier alpha value is -0.670. The standard InChI is InChI=1S/C10H13ClN2O4S2/c11-8-1-3-10(4-2-8)19(16,17)13-12-9-5-6-18(14,15)7-9/h1-4,9,12-13H,5-7H2. The van der Waals surface area contributed by atoms with Gasteiger partial charge in [0.05, 0.1) is 16.4 Å². The summed E-state index contributed by atoms with van der Waals surface area (Å²) in [6.45, 7) is 0. The Balaban J connectivity index is 2.01. The third-order valence-electron chi connectivity index (χ3n) is 2.75. The molecule has 106 valence electrons. The Kier molecular flexibility index (Phi) is 4.17. The molecular formula is C10H13ClN2O4S2. The quantitative estimate of drug-likeness (QED) is 0.778. The molecule has 0 aromatic heterocycles. The van der Waals surface area contributed by atoms with Crippen LogP contribution in [0.25, 0.3) is 0 Å². The van der Waals surface area contributed by atoms with Gasteiger partial charge in [0.2, 0.25) is 0 Å². The summed E-state index contributed by atoms with van der Waals surface area (Å²) in [4.78, 5) is 2.25. The van der Waals surface area contributed by atoms with Gasteiger partial charge in [-0.25, -0.2) is 22.3 Å². The van der Waals surface area contributed by atoms with Gasteiger partial charge in [-0.05, 0) is 30.7 Å². The van der Waals surface area contributed by atoms with Crippen molar-refractivity contribution in [2.45, 2.75) is 17.4 Å². The highest BCUT2D eigenvalue weighted by molar-refractivity contribution is 7.91. The molecule has 1 fully saturated rings. The van der Waals surface area contributed by atoms with Crippen molar-refractivity contribution in [2.75, 3.05) is 11.5 Å². The lowest BCUT2D eigenvalue weighted by Gasteiger charge is -2.12. The summed E-state index contributed by atoms with van der Waals surface area (Å²) in [6.07, 6.45) is 0.394. The maximum atomic E-state index is 11.9. The third-order valence-corrected chi connectivity index (χ3v) is 6.05. The molecular weight excluding hydrogens is 312 g/mol. The van der Waals surface area contributed by atoms with Crippen LogP contribution in [-0.4, -0.2) is 34.4 Å². The van der Waals surface area contributed by atoms with Gasteiger partial charge >= 0.3 is 0 Å². The minimum atomic E-state index is -3.72. The Morgan fingerprint density at radius 2 is 1.84 bits per heavy atom. The first kappa shape index (κ1) is 14.7. The summed E-state index contributed by atoms with van der Waals surface area (Å²) in [5.74, 6) is 0.0173. The van der Waals surface area contributed by atoms with Gasteiger partial charge in [-0.1, -0.05) is 11.6 Å². The molecule has 9 heteroatoms. The minimum Gasteiger partial charge on any atom is -0.240 e. The van der Waals surface area contributed by atoms with Gasteiger partial charge in [0, 0.05) is 11.1 Å². The van der Waals surface area contributed by atoms with E-state index in [4.69, 9.17) is 11.6 Å². The number of sulfone groups is 1. The van der Waals surface area contributed by atoms with Gasteiger partial charge in [0.15, 0.2) is 9.84 Å². The third kappa shape index (κ3) is 3.90. The lowest BCUT2D eigenvalue weighted by molar-refractivity contribution is 0.506. The summed E-state index contributed by atoms with van der Waals surface area (Å²) in [5, 5.41) is 0.439. The average Bonchev–Trinajstić information content (AvgIpc) is 2.67. The van der Waals surface area contributed by atoms with Gasteiger partial charge in [0.1, 0.15) is 0 Å². The molecule has 0 spiro atoms. The van der Waals surface area contributed by atoms with Gasteiger partial charge in [-0.15, -0.1) is 4.83 Å². The summed E-state index contributed by atoms with van der Waals surface area (Å²) >= 11 is 5.68. The predicted molar refractivity (Wildman–Crippen MR) is 72.0 cm³/mol. The molecule has 1 aromatic carbocycles.